The Morgan fingerprint density at radius 1 is 1.27 bits per heavy atom. The van der Waals surface area contributed by atoms with E-state index in [2.05, 4.69) is 72.4 Å². The number of fused-ring (bicyclic) bond motifs is 1. The van der Waals surface area contributed by atoms with Crippen LogP contribution in [0.1, 0.15) is 65.4 Å². The lowest BCUT2D eigenvalue weighted by atomic mass is 9.59. The molecule has 5 rings (SSSR count). The van der Waals surface area contributed by atoms with Gasteiger partial charge in [0.1, 0.15) is 0 Å². The highest BCUT2D eigenvalue weighted by Crippen LogP contribution is 2.54. The maximum Gasteiger partial charge on any atom is 0.164 e. The minimum atomic E-state index is -0.457. The van der Waals surface area contributed by atoms with Crippen LogP contribution in [0, 0.1) is 5.41 Å². The number of carbonyl (C=O) groups excluding carboxylic acids is 1. The molecule has 1 N–H and O–H groups in total. The van der Waals surface area contributed by atoms with Crippen LogP contribution in [-0.2, 0) is 10.2 Å². The van der Waals surface area contributed by atoms with Crippen LogP contribution < -0.4 is 10.2 Å². The van der Waals surface area contributed by atoms with Crippen molar-refractivity contribution in [1.29, 1.82) is 0 Å². The monoisotopic (exact) mass is 404 g/mol. The Morgan fingerprint density at radius 2 is 2.10 bits per heavy atom. The molecule has 0 saturated carbocycles. The fraction of sp³-hybridized carbons (Fsp3) is 0.560. The van der Waals surface area contributed by atoms with Crippen molar-refractivity contribution in [2.45, 2.75) is 77.4 Å². The van der Waals surface area contributed by atoms with E-state index in [4.69, 9.17) is 0 Å². The van der Waals surface area contributed by atoms with E-state index in [0.29, 0.717) is 12.5 Å². The molecule has 1 aromatic rings. The first-order chi connectivity index (χ1) is 14.4. The Labute approximate surface area is 179 Å². The molecule has 4 aliphatic rings. The van der Waals surface area contributed by atoms with Gasteiger partial charge in [-0.3, -0.25) is 4.79 Å². The average molecular weight is 405 g/mol. The zero-order valence-electron chi connectivity index (χ0n) is 18.5. The van der Waals surface area contributed by atoms with Crippen LogP contribution in [0.3, 0.4) is 0 Å². The molecular formula is C25H32N4O. The standard InChI is InChI=1S/C25H32N4O/c1-5-25(17-9-6-10-18(12-17)29-11-7-8-16(29)2)19-15-26-28-23(19)27-20-13-24(3,4)14-21(30)22(20)25/h6,9-10,12,15-16,23,27H,5,7-8,11,13-14H2,1-4H3/t16-,23?,25-/m1/s1. The first-order valence-electron chi connectivity index (χ1n) is 11.4. The molecule has 1 unspecified atom stereocenters. The SMILES string of the molecule is CC[C@@]1(c2cccc(N3CCC[C@H]3C)c2)C2=CN=NC2NC2=C1C(=O)CC(C)(C)C2. The molecule has 3 atom stereocenters. The van der Waals surface area contributed by atoms with Gasteiger partial charge in [0, 0.05) is 41.5 Å². The van der Waals surface area contributed by atoms with Crippen molar-refractivity contribution in [1.82, 2.24) is 5.32 Å². The number of ketones is 1. The molecule has 0 bridgehead atoms. The number of hydrogen-bond donors (Lipinski definition) is 1. The highest BCUT2D eigenvalue weighted by atomic mass is 16.1. The number of azo groups is 1. The lowest BCUT2D eigenvalue weighted by Gasteiger charge is -2.48. The van der Waals surface area contributed by atoms with Gasteiger partial charge in [-0.05, 0) is 55.7 Å². The zero-order chi connectivity index (χ0) is 21.1. The molecular weight excluding hydrogens is 372 g/mol. The van der Waals surface area contributed by atoms with E-state index in [0.717, 1.165) is 36.2 Å². The molecule has 1 aromatic carbocycles. The second kappa shape index (κ2) is 6.79. The highest BCUT2D eigenvalue weighted by molar-refractivity contribution is 6.01. The first-order valence-corrected chi connectivity index (χ1v) is 11.4. The molecule has 5 nitrogen and oxygen atoms in total. The topological polar surface area (TPSA) is 57.1 Å². The van der Waals surface area contributed by atoms with E-state index in [-0.39, 0.29) is 17.4 Å². The van der Waals surface area contributed by atoms with Gasteiger partial charge >= 0.3 is 0 Å². The van der Waals surface area contributed by atoms with E-state index in [1.54, 1.807) is 0 Å². The molecule has 0 radical (unpaired) electrons. The summed E-state index contributed by atoms with van der Waals surface area (Å²) in [5.41, 5.74) is 5.11. The predicted octanol–water partition coefficient (Wildman–Crippen LogP) is 5.25. The van der Waals surface area contributed by atoms with E-state index in [1.807, 2.05) is 6.20 Å². The van der Waals surface area contributed by atoms with Crippen LogP contribution in [0.25, 0.3) is 0 Å². The van der Waals surface area contributed by atoms with Crippen LogP contribution in [-0.4, -0.2) is 24.5 Å². The van der Waals surface area contributed by atoms with Gasteiger partial charge < -0.3 is 10.2 Å². The summed E-state index contributed by atoms with van der Waals surface area (Å²) in [4.78, 5) is 16.1. The van der Waals surface area contributed by atoms with Gasteiger partial charge in [-0.2, -0.15) is 10.2 Å². The Morgan fingerprint density at radius 3 is 2.83 bits per heavy atom. The van der Waals surface area contributed by atoms with Crippen LogP contribution in [0.15, 0.2) is 57.5 Å². The molecule has 1 fully saturated rings. The van der Waals surface area contributed by atoms with Gasteiger partial charge in [0.25, 0.3) is 0 Å². The second-order valence-electron chi connectivity index (χ2n) is 10.2. The van der Waals surface area contributed by atoms with Crippen molar-refractivity contribution in [3.63, 3.8) is 0 Å². The maximum atomic E-state index is 13.6. The van der Waals surface area contributed by atoms with Crippen molar-refractivity contribution in [2.75, 3.05) is 11.4 Å². The molecule has 0 spiro atoms. The fourth-order valence-corrected chi connectivity index (χ4v) is 6.16. The van der Waals surface area contributed by atoms with E-state index in [9.17, 15) is 4.79 Å². The third-order valence-electron chi connectivity index (χ3n) is 7.53. The van der Waals surface area contributed by atoms with E-state index < -0.39 is 5.41 Å². The summed E-state index contributed by atoms with van der Waals surface area (Å²) in [7, 11) is 0. The molecule has 158 valence electrons. The second-order valence-corrected chi connectivity index (χ2v) is 10.2. The Hall–Kier alpha value is -2.43. The van der Waals surface area contributed by atoms with Crippen molar-refractivity contribution >= 4 is 11.5 Å². The van der Waals surface area contributed by atoms with Crippen LogP contribution in [0.4, 0.5) is 5.69 Å². The normalized spacial score (nSPS) is 32.1. The lowest BCUT2D eigenvalue weighted by Crippen LogP contribution is -2.51. The minimum Gasteiger partial charge on any atom is -0.369 e. The Balaban J connectivity index is 1.70. The smallest absolute Gasteiger partial charge is 0.164 e. The summed E-state index contributed by atoms with van der Waals surface area (Å²) in [6.07, 6.45) is 6.49. The molecule has 30 heavy (non-hydrogen) atoms. The third-order valence-corrected chi connectivity index (χ3v) is 7.53. The van der Waals surface area contributed by atoms with E-state index in [1.165, 1.54) is 24.1 Å². The number of benzene rings is 1. The molecule has 0 amide bonds. The molecule has 1 aliphatic carbocycles. The van der Waals surface area contributed by atoms with Gasteiger partial charge in [0.2, 0.25) is 0 Å². The summed E-state index contributed by atoms with van der Waals surface area (Å²) >= 11 is 0. The number of hydrogen-bond acceptors (Lipinski definition) is 5. The molecule has 3 aliphatic heterocycles. The molecule has 0 aromatic heterocycles. The number of carbonyl (C=O) groups is 1. The minimum absolute atomic E-state index is 0.0355. The average Bonchev–Trinajstić information content (AvgIpc) is 3.34. The summed E-state index contributed by atoms with van der Waals surface area (Å²) in [5, 5.41) is 12.3. The number of Topliss-reactive ketones (excluding diaryl/α,β-unsaturated/α-hetero) is 1. The van der Waals surface area contributed by atoms with Crippen molar-refractivity contribution in [3.8, 4) is 0 Å². The van der Waals surface area contributed by atoms with Crippen LogP contribution >= 0.6 is 0 Å². The lowest BCUT2D eigenvalue weighted by molar-refractivity contribution is -0.119. The highest BCUT2D eigenvalue weighted by Gasteiger charge is 2.53. The molecule has 5 heteroatoms. The van der Waals surface area contributed by atoms with Gasteiger partial charge in [-0.25, -0.2) is 0 Å². The van der Waals surface area contributed by atoms with E-state index >= 15 is 0 Å². The van der Waals surface area contributed by atoms with Crippen LogP contribution in [0.2, 0.25) is 0 Å². The first kappa shape index (κ1) is 19.5. The zero-order valence-corrected chi connectivity index (χ0v) is 18.5. The molecule has 1 saturated heterocycles. The predicted molar refractivity (Wildman–Crippen MR) is 119 cm³/mol. The quantitative estimate of drug-likeness (QED) is 0.749. The number of anilines is 1. The summed E-state index contributed by atoms with van der Waals surface area (Å²) < 4.78 is 0. The summed E-state index contributed by atoms with van der Waals surface area (Å²) in [6.45, 7) is 9.97. The Kier molecular flexibility index (Phi) is 4.42. The summed E-state index contributed by atoms with van der Waals surface area (Å²) in [6, 6.07) is 9.45. The van der Waals surface area contributed by atoms with Gasteiger partial charge in [-0.1, -0.05) is 32.9 Å². The number of nitrogens with zero attached hydrogens (tertiary/aromatic N) is 3. The maximum absolute atomic E-state index is 13.6. The van der Waals surface area contributed by atoms with Crippen molar-refractivity contribution < 1.29 is 4.79 Å². The van der Waals surface area contributed by atoms with Crippen molar-refractivity contribution in [3.05, 3.63) is 52.9 Å². The van der Waals surface area contributed by atoms with Crippen LogP contribution in [0.5, 0.6) is 0 Å². The number of allylic oxidation sites excluding steroid dienone is 2. The fourth-order valence-electron chi connectivity index (χ4n) is 6.16. The Bertz CT molecular complexity index is 989. The largest absolute Gasteiger partial charge is 0.369 e. The summed E-state index contributed by atoms with van der Waals surface area (Å²) in [5.74, 6) is 0.266. The molecule has 3 heterocycles. The van der Waals surface area contributed by atoms with Crippen molar-refractivity contribution in [2.24, 2.45) is 15.6 Å². The third kappa shape index (κ3) is 2.78. The number of nitrogens with one attached hydrogen (secondary N) is 1. The van der Waals surface area contributed by atoms with Gasteiger partial charge in [0.15, 0.2) is 11.9 Å². The number of rotatable bonds is 3. The van der Waals surface area contributed by atoms with Gasteiger partial charge in [-0.15, -0.1) is 0 Å². The van der Waals surface area contributed by atoms with Gasteiger partial charge in [0.05, 0.1) is 11.6 Å².